The Balaban J connectivity index is 1.59. The highest BCUT2D eigenvalue weighted by molar-refractivity contribution is 6.21. The topological polar surface area (TPSA) is 85.3 Å². The van der Waals surface area contributed by atoms with Crippen LogP contribution in [0.4, 0.5) is 0 Å². The lowest BCUT2D eigenvalue weighted by Gasteiger charge is -2.28. The Bertz CT molecular complexity index is 693. The SMILES string of the molecule is CC1(C)OC2C(CN3C(=O)c4ccccc4C3=O)OC(C)(O)C2O1. The first-order valence-electron chi connectivity index (χ1n) is 7.91. The van der Waals surface area contributed by atoms with Crippen molar-refractivity contribution in [2.45, 2.75) is 50.7 Å². The highest BCUT2D eigenvalue weighted by atomic mass is 16.8. The average Bonchev–Trinajstić information content (AvgIpc) is 3.04. The molecule has 3 aliphatic rings. The molecule has 4 atom stereocenters. The van der Waals surface area contributed by atoms with Gasteiger partial charge in [-0.05, 0) is 32.9 Å². The molecule has 0 aliphatic carbocycles. The first-order chi connectivity index (χ1) is 11.2. The number of benzene rings is 1. The van der Waals surface area contributed by atoms with E-state index in [9.17, 15) is 14.7 Å². The number of aliphatic hydroxyl groups is 1. The molecule has 1 aromatic rings. The molecule has 4 rings (SSSR count). The first kappa shape index (κ1) is 15.7. The molecular formula is C17H19NO6. The van der Waals surface area contributed by atoms with E-state index in [1.54, 1.807) is 38.1 Å². The van der Waals surface area contributed by atoms with E-state index in [-0.39, 0.29) is 18.4 Å². The number of hydrogen-bond acceptors (Lipinski definition) is 6. The Kier molecular flexibility index (Phi) is 3.18. The van der Waals surface area contributed by atoms with E-state index in [1.807, 2.05) is 0 Å². The van der Waals surface area contributed by atoms with Gasteiger partial charge in [0, 0.05) is 0 Å². The lowest BCUT2D eigenvalue weighted by molar-refractivity contribution is -0.265. The van der Waals surface area contributed by atoms with Crippen molar-refractivity contribution >= 4 is 11.8 Å². The summed E-state index contributed by atoms with van der Waals surface area (Å²) in [5.74, 6) is -3.12. The number of amides is 2. The maximum absolute atomic E-state index is 12.5. The minimum atomic E-state index is -1.54. The predicted octanol–water partition coefficient (Wildman–Crippen LogP) is 0.910. The van der Waals surface area contributed by atoms with Gasteiger partial charge in [0.1, 0.15) is 18.3 Å². The second-order valence-electron chi connectivity index (χ2n) is 7.00. The van der Waals surface area contributed by atoms with Crippen molar-refractivity contribution in [3.8, 4) is 0 Å². The van der Waals surface area contributed by atoms with Crippen LogP contribution in [0.25, 0.3) is 0 Å². The molecule has 0 spiro atoms. The number of nitrogens with zero attached hydrogens (tertiary/aromatic N) is 1. The fourth-order valence-corrected chi connectivity index (χ4v) is 3.64. The van der Waals surface area contributed by atoms with Gasteiger partial charge in [-0.2, -0.15) is 0 Å². The molecule has 0 aromatic heterocycles. The molecule has 4 unspecified atom stereocenters. The zero-order chi connectivity index (χ0) is 17.3. The zero-order valence-electron chi connectivity index (χ0n) is 13.7. The maximum atomic E-state index is 12.5. The molecule has 1 aromatic carbocycles. The maximum Gasteiger partial charge on any atom is 0.261 e. The third kappa shape index (κ3) is 2.20. The van der Waals surface area contributed by atoms with Gasteiger partial charge in [-0.15, -0.1) is 0 Å². The average molecular weight is 333 g/mol. The summed E-state index contributed by atoms with van der Waals surface area (Å²) in [6, 6.07) is 6.69. The Morgan fingerprint density at radius 3 is 2.21 bits per heavy atom. The zero-order valence-corrected chi connectivity index (χ0v) is 13.7. The fraction of sp³-hybridized carbons (Fsp3) is 0.529. The Hall–Kier alpha value is -1.80. The molecular weight excluding hydrogens is 314 g/mol. The van der Waals surface area contributed by atoms with Gasteiger partial charge in [0.2, 0.25) is 0 Å². The lowest BCUT2D eigenvalue weighted by atomic mass is 10.1. The van der Waals surface area contributed by atoms with Crippen LogP contribution in [0.5, 0.6) is 0 Å². The molecule has 3 heterocycles. The number of rotatable bonds is 2. The van der Waals surface area contributed by atoms with Crippen LogP contribution in [0.15, 0.2) is 24.3 Å². The van der Waals surface area contributed by atoms with Crippen molar-refractivity contribution in [1.82, 2.24) is 4.90 Å². The summed E-state index contributed by atoms with van der Waals surface area (Å²) in [4.78, 5) is 26.1. The standard InChI is InChI=1S/C17H19NO6/c1-16(2)23-12-11(22-17(3,21)13(12)24-16)8-18-14(19)9-6-4-5-7-10(9)15(18)20/h4-7,11-13,21H,8H2,1-3H3. The number of fused-ring (bicyclic) bond motifs is 2. The molecule has 128 valence electrons. The molecule has 2 fully saturated rings. The van der Waals surface area contributed by atoms with Crippen molar-refractivity contribution in [2.24, 2.45) is 0 Å². The van der Waals surface area contributed by atoms with E-state index < -0.39 is 29.9 Å². The van der Waals surface area contributed by atoms with E-state index in [2.05, 4.69) is 0 Å². The van der Waals surface area contributed by atoms with Crippen LogP contribution in [0.3, 0.4) is 0 Å². The third-order valence-electron chi connectivity index (χ3n) is 4.65. The van der Waals surface area contributed by atoms with Gasteiger partial charge in [0.05, 0.1) is 17.7 Å². The van der Waals surface area contributed by atoms with Gasteiger partial charge in [-0.25, -0.2) is 0 Å². The summed E-state index contributed by atoms with van der Waals surface area (Å²) in [7, 11) is 0. The quantitative estimate of drug-likeness (QED) is 0.810. The van der Waals surface area contributed by atoms with Crippen molar-refractivity contribution in [1.29, 1.82) is 0 Å². The highest BCUT2D eigenvalue weighted by Crippen LogP contribution is 2.43. The lowest BCUT2D eigenvalue weighted by Crippen LogP contribution is -2.42. The van der Waals surface area contributed by atoms with E-state index in [0.29, 0.717) is 11.1 Å². The molecule has 2 amide bonds. The second-order valence-corrected chi connectivity index (χ2v) is 7.00. The van der Waals surface area contributed by atoms with Crippen molar-refractivity contribution < 1.29 is 28.9 Å². The minimum absolute atomic E-state index is 0.00308. The Morgan fingerprint density at radius 1 is 1.04 bits per heavy atom. The second kappa shape index (κ2) is 4.86. The molecule has 7 heteroatoms. The monoisotopic (exact) mass is 333 g/mol. The van der Waals surface area contributed by atoms with Crippen LogP contribution >= 0.6 is 0 Å². The van der Waals surface area contributed by atoms with Gasteiger partial charge in [0.15, 0.2) is 11.6 Å². The van der Waals surface area contributed by atoms with Crippen LogP contribution < -0.4 is 0 Å². The highest BCUT2D eigenvalue weighted by Gasteiger charge is 2.61. The molecule has 0 saturated carbocycles. The summed E-state index contributed by atoms with van der Waals surface area (Å²) in [6.07, 6.45) is -1.89. The normalized spacial score (nSPS) is 37.0. The number of imide groups is 1. The Labute approximate surface area is 139 Å². The third-order valence-corrected chi connectivity index (χ3v) is 4.65. The summed E-state index contributed by atoms with van der Waals surface area (Å²) >= 11 is 0. The van der Waals surface area contributed by atoms with Crippen LogP contribution in [0, 0.1) is 0 Å². The van der Waals surface area contributed by atoms with Crippen molar-refractivity contribution in [2.75, 3.05) is 6.54 Å². The molecule has 1 N–H and O–H groups in total. The molecule has 2 saturated heterocycles. The van der Waals surface area contributed by atoms with Gasteiger partial charge in [-0.1, -0.05) is 12.1 Å². The van der Waals surface area contributed by atoms with E-state index >= 15 is 0 Å². The van der Waals surface area contributed by atoms with E-state index in [4.69, 9.17) is 14.2 Å². The summed E-state index contributed by atoms with van der Waals surface area (Å²) in [6.45, 7) is 5.00. The molecule has 3 aliphatic heterocycles. The summed E-state index contributed by atoms with van der Waals surface area (Å²) < 4.78 is 17.2. The number of ether oxygens (including phenoxy) is 3. The van der Waals surface area contributed by atoms with Gasteiger partial charge < -0.3 is 19.3 Å². The number of hydrogen-bond donors (Lipinski definition) is 1. The van der Waals surface area contributed by atoms with Crippen LogP contribution in [0.2, 0.25) is 0 Å². The Morgan fingerprint density at radius 2 is 1.62 bits per heavy atom. The molecule has 7 nitrogen and oxygen atoms in total. The van der Waals surface area contributed by atoms with Crippen molar-refractivity contribution in [3.63, 3.8) is 0 Å². The summed E-state index contributed by atoms with van der Waals surface area (Å²) in [5.41, 5.74) is 0.764. The van der Waals surface area contributed by atoms with Crippen LogP contribution in [-0.4, -0.2) is 58.3 Å². The fourth-order valence-electron chi connectivity index (χ4n) is 3.64. The summed E-state index contributed by atoms with van der Waals surface area (Å²) in [5, 5.41) is 10.4. The molecule has 24 heavy (non-hydrogen) atoms. The number of carbonyl (C=O) groups excluding carboxylic acids is 2. The smallest absolute Gasteiger partial charge is 0.261 e. The molecule has 0 bridgehead atoms. The van der Waals surface area contributed by atoms with Gasteiger partial charge in [0.25, 0.3) is 11.8 Å². The largest absolute Gasteiger partial charge is 0.364 e. The van der Waals surface area contributed by atoms with Crippen molar-refractivity contribution in [3.05, 3.63) is 35.4 Å². The predicted molar refractivity (Wildman–Crippen MR) is 81.1 cm³/mol. The van der Waals surface area contributed by atoms with Crippen LogP contribution in [0.1, 0.15) is 41.5 Å². The molecule has 0 radical (unpaired) electrons. The van der Waals surface area contributed by atoms with E-state index in [0.717, 1.165) is 4.90 Å². The minimum Gasteiger partial charge on any atom is -0.364 e. The number of carbonyl (C=O) groups is 2. The van der Waals surface area contributed by atoms with Crippen LogP contribution in [-0.2, 0) is 14.2 Å². The van der Waals surface area contributed by atoms with Gasteiger partial charge in [-0.3, -0.25) is 14.5 Å². The van der Waals surface area contributed by atoms with E-state index in [1.165, 1.54) is 6.92 Å². The first-order valence-corrected chi connectivity index (χ1v) is 7.91. The van der Waals surface area contributed by atoms with Gasteiger partial charge >= 0.3 is 0 Å².